The summed E-state index contributed by atoms with van der Waals surface area (Å²) in [5.41, 5.74) is 23.0. The molecule has 0 saturated carbocycles. The van der Waals surface area contributed by atoms with Gasteiger partial charge in [0.05, 0.1) is 34.4 Å². The predicted molar refractivity (Wildman–Crippen MR) is 443 cm³/mol. The lowest BCUT2D eigenvalue weighted by atomic mass is 9.90. The van der Waals surface area contributed by atoms with E-state index in [0.717, 1.165) is 145 Å². The molecule has 10 aromatic rings. The van der Waals surface area contributed by atoms with Crippen molar-refractivity contribution in [2.75, 3.05) is 74.2 Å². The molecule has 14 rings (SSSR count). The first kappa shape index (κ1) is 85.2. The molecule has 114 heavy (non-hydrogen) atoms. The summed E-state index contributed by atoms with van der Waals surface area (Å²) < 4.78 is 117. The SMILES string of the molecule is COc1cc(-c2cccc(-c3ccc4c(c3C)OCCO4)c2C)cc(F)c1CN.COc1cc(-c2cccc(-c3ccc4c(c3C)OCCO4)c2C)cc(F)c1CNC(=O)OC(C)(C)C.COc1cc(-c2cccc(C)c2C)cc(F)c1CNC(=O)OC(C)(C)C.Cc1c(Br)ccc2c1OCCO2.Cc1cccc2c1OCCO2. The monoisotopic (exact) mass is 1620 g/mol. The zero-order chi connectivity index (χ0) is 82.3. The van der Waals surface area contributed by atoms with Crippen LogP contribution in [0.1, 0.15) is 103 Å². The van der Waals surface area contributed by atoms with E-state index in [1.165, 1.54) is 39.5 Å². The molecule has 0 unspecified atom stereocenters. The number of hydrogen-bond acceptors (Lipinski definition) is 16. The van der Waals surface area contributed by atoms with Crippen LogP contribution in [0.3, 0.4) is 0 Å². The summed E-state index contributed by atoms with van der Waals surface area (Å²) in [5, 5.41) is 5.17. The zero-order valence-corrected chi connectivity index (χ0v) is 69.4. The van der Waals surface area contributed by atoms with Gasteiger partial charge in [0.25, 0.3) is 0 Å². The highest BCUT2D eigenvalue weighted by atomic mass is 79.9. The molecular weight excluding hydrogens is 1520 g/mol. The van der Waals surface area contributed by atoms with Crippen LogP contribution in [0.15, 0.2) is 150 Å². The van der Waals surface area contributed by atoms with Gasteiger partial charge in [0, 0.05) is 44.4 Å². The van der Waals surface area contributed by atoms with Gasteiger partial charge in [-0.15, -0.1) is 0 Å². The maximum absolute atomic E-state index is 15.3. The molecule has 0 fully saturated rings. The number of rotatable bonds is 13. The smallest absolute Gasteiger partial charge is 0.407 e. The van der Waals surface area contributed by atoms with Gasteiger partial charge in [0.15, 0.2) is 46.0 Å². The molecule has 10 aromatic carbocycles. The molecule has 4 heterocycles. The molecule has 0 aromatic heterocycles. The van der Waals surface area contributed by atoms with Crippen molar-refractivity contribution in [2.45, 2.75) is 128 Å². The van der Waals surface area contributed by atoms with Crippen LogP contribution in [0.2, 0.25) is 0 Å². The van der Waals surface area contributed by atoms with E-state index in [-0.39, 0.29) is 36.6 Å². The van der Waals surface area contributed by atoms with Crippen molar-refractivity contribution in [1.82, 2.24) is 10.6 Å². The van der Waals surface area contributed by atoms with Gasteiger partial charge < -0.3 is 77.9 Å². The Morgan fingerprint density at radius 2 is 0.693 bits per heavy atom. The topological polar surface area (TPSA) is 204 Å². The summed E-state index contributed by atoms with van der Waals surface area (Å²) in [7, 11) is 4.50. The van der Waals surface area contributed by atoms with E-state index in [2.05, 4.69) is 32.6 Å². The number of halogens is 4. The molecule has 4 aliphatic rings. The number of carbonyl (C=O) groups is 2. The minimum absolute atomic E-state index is 0.0169. The highest BCUT2D eigenvalue weighted by Crippen LogP contribution is 2.46. The summed E-state index contributed by atoms with van der Waals surface area (Å²) in [6, 6.07) is 45.6. The average molecular weight is 1630 g/mol. The van der Waals surface area contributed by atoms with E-state index in [1.807, 2.05) is 165 Å². The normalized spacial score (nSPS) is 12.8. The third-order valence-corrected chi connectivity index (χ3v) is 20.2. The van der Waals surface area contributed by atoms with E-state index in [0.29, 0.717) is 81.2 Å². The van der Waals surface area contributed by atoms with Crippen molar-refractivity contribution in [2.24, 2.45) is 5.73 Å². The van der Waals surface area contributed by atoms with Crippen LogP contribution in [0, 0.1) is 72.8 Å². The third kappa shape index (κ3) is 20.8. The molecule has 602 valence electrons. The molecule has 0 radical (unpaired) electrons. The largest absolute Gasteiger partial charge is 0.496 e. The van der Waals surface area contributed by atoms with Crippen molar-refractivity contribution in [3.8, 4) is 119 Å². The number of fused-ring (bicyclic) bond motifs is 4. The first-order valence-electron chi connectivity index (χ1n) is 37.6. The third-order valence-electron chi connectivity index (χ3n) is 19.3. The molecule has 0 spiro atoms. The number of nitrogens with one attached hydrogen (secondary N) is 2. The molecule has 18 nitrogen and oxygen atoms in total. The Hall–Kier alpha value is -11.2. The molecule has 0 saturated heterocycles. The highest BCUT2D eigenvalue weighted by molar-refractivity contribution is 9.10. The fourth-order valence-corrected chi connectivity index (χ4v) is 13.7. The molecule has 0 bridgehead atoms. The molecule has 4 N–H and O–H groups in total. The van der Waals surface area contributed by atoms with Crippen molar-refractivity contribution in [3.63, 3.8) is 0 Å². The summed E-state index contributed by atoms with van der Waals surface area (Å²) in [6.45, 7) is 31.6. The molecule has 2 amide bonds. The van der Waals surface area contributed by atoms with Crippen molar-refractivity contribution >= 4 is 28.1 Å². The first-order chi connectivity index (χ1) is 54.4. The maximum atomic E-state index is 15.3. The number of ether oxygens (including phenoxy) is 13. The van der Waals surface area contributed by atoms with Crippen molar-refractivity contribution in [3.05, 3.63) is 229 Å². The summed E-state index contributed by atoms with van der Waals surface area (Å²) in [4.78, 5) is 23.9. The Morgan fingerprint density at radius 1 is 0.377 bits per heavy atom. The standard InChI is InChI=1S/C29H32FNO5.C24H24FNO3.C21H26FNO3.C9H9BrO2.C9H10O2/c1-17-20(8-7-9-21(17)22-10-11-25-27(18(22)2)35-13-12-34-25)19-14-24(30)23(26(15-19)33-6)16-31-28(32)36-29(3,4)5;1-14-17(16-11-21(25)20(13-26)23(12-16)27-3)5-4-6-18(14)19-7-8-22-24(15(19)2)29-10-9-28-22;1-13-8-7-9-16(14(13)2)15-10-18(22)17(19(11-15)25-6)12-23-20(24)26-21(3,4)5;1-6-7(10)2-3-8-9(6)12-5-4-11-8;1-7-3-2-4-8-9(7)11-6-5-10-8/h7-11,14-15H,12-13,16H2,1-6H3,(H,31,32);4-8,11-12H,9-10,13,26H2,1-3H3;7-11H,12H2,1-6H3,(H,23,24);2-3H,4-5H2,1H3;2-4H,5-6H2,1H3. The van der Waals surface area contributed by atoms with E-state index < -0.39 is 35.0 Å². The summed E-state index contributed by atoms with van der Waals surface area (Å²) in [6.07, 6.45) is -1.22. The molecule has 0 atom stereocenters. The van der Waals surface area contributed by atoms with Gasteiger partial charge in [-0.1, -0.05) is 94.8 Å². The summed E-state index contributed by atoms with van der Waals surface area (Å²) >= 11 is 3.44. The number of aryl methyl sites for hydroxylation is 2. The van der Waals surface area contributed by atoms with Crippen LogP contribution in [0.25, 0.3) is 55.6 Å². The fourth-order valence-electron chi connectivity index (χ4n) is 13.4. The molecule has 0 aliphatic carbocycles. The fraction of sp³-hybridized carbons (Fsp3) is 0.326. The quantitative estimate of drug-likeness (QED) is 0.0982. The van der Waals surface area contributed by atoms with Gasteiger partial charge in [-0.25, -0.2) is 22.8 Å². The van der Waals surface area contributed by atoms with E-state index in [4.69, 9.17) is 67.3 Å². The number of alkyl carbamates (subject to hydrolysis) is 2. The van der Waals surface area contributed by atoms with Crippen LogP contribution < -0.4 is 68.5 Å². The number of methoxy groups -OCH3 is 3. The maximum Gasteiger partial charge on any atom is 0.407 e. The Bertz CT molecular complexity index is 5130. The van der Waals surface area contributed by atoms with Gasteiger partial charge in [0.2, 0.25) is 0 Å². The van der Waals surface area contributed by atoms with Crippen LogP contribution >= 0.6 is 15.9 Å². The summed E-state index contributed by atoms with van der Waals surface area (Å²) in [5.74, 6) is 6.50. The van der Waals surface area contributed by atoms with Gasteiger partial charge >= 0.3 is 12.2 Å². The Morgan fingerprint density at radius 3 is 1.09 bits per heavy atom. The second-order valence-corrected chi connectivity index (χ2v) is 30.2. The van der Waals surface area contributed by atoms with E-state index in [9.17, 15) is 18.4 Å². The first-order valence-corrected chi connectivity index (χ1v) is 38.4. The van der Waals surface area contributed by atoms with Crippen molar-refractivity contribution < 1.29 is 84.3 Å². The van der Waals surface area contributed by atoms with E-state index >= 15 is 4.39 Å². The lowest BCUT2D eigenvalue weighted by molar-refractivity contribution is 0.0511. The van der Waals surface area contributed by atoms with Gasteiger partial charge in [-0.2, -0.15) is 0 Å². The van der Waals surface area contributed by atoms with Crippen LogP contribution in [-0.4, -0.2) is 97.6 Å². The lowest BCUT2D eigenvalue weighted by Gasteiger charge is -2.23. The van der Waals surface area contributed by atoms with Gasteiger partial charge in [-0.3, -0.25) is 0 Å². The minimum atomic E-state index is -0.644. The second-order valence-electron chi connectivity index (χ2n) is 29.4. The highest BCUT2D eigenvalue weighted by Gasteiger charge is 2.26. The minimum Gasteiger partial charge on any atom is -0.496 e. The number of nitrogens with two attached hydrogens (primary N) is 1. The van der Waals surface area contributed by atoms with E-state index in [1.54, 1.807) is 53.7 Å². The number of benzene rings is 10. The Labute approximate surface area is 674 Å². The van der Waals surface area contributed by atoms with Gasteiger partial charge in [0.1, 0.15) is 98.8 Å². The second kappa shape index (κ2) is 38.1. The predicted octanol–water partition coefficient (Wildman–Crippen LogP) is 21.0. The lowest BCUT2D eigenvalue weighted by Crippen LogP contribution is -2.32. The molecular formula is C92H101BrF3N3O15. The zero-order valence-electron chi connectivity index (χ0n) is 67.8. The molecule has 22 heteroatoms. The number of amides is 2. The number of hydrogen-bond donors (Lipinski definition) is 3. The Kier molecular flexibility index (Phi) is 28.4. The van der Waals surface area contributed by atoms with Crippen LogP contribution in [0.4, 0.5) is 22.8 Å². The van der Waals surface area contributed by atoms with Crippen molar-refractivity contribution in [1.29, 1.82) is 0 Å². The van der Waals surface area contributed by atoms with Crippen LogP contribution in [0.5, 0.6) is 63.2 Å². The van der Waals surface area contributed by atoms with Gasteiger partial charge in [-0.05, 0) is 247 Å². The number of carbonyl (C=O) groups excluding carboxylic acids is 2. The average Bonchev–Trinajstić information content (AvgIpc) is 0.775. The Balaban J connectivity index is 0.000000160. The van der Waals surface area contributed by atoms with Crippen LogP contribution in [-0.2, 0) is 29.1 Å². The molecule has 4 aliphatic heterocycles. The number of para-hydroxylation sites is 1.